The number of furan rings is 1. The van der Waals surface area contributed by atoms with E-state index in [0.717, 1.165) is 22.8 Å². The minimum atomic E-state index is -0.246. The molecule has 1 atom stereocenters. The lowest BCUT2D eigenvalue weighted by molar-refractivity contribution is 0.181. The van der Waals surface area contributed by atoms with E-state index < -0.39 is 0 Å². The van der Waals surface area contributed by atoms with Crippen molar-refractivity contribution in [2.45, 2.75) is 39.7 Å². The van der Waals surface area contributed by atoms with Crippen LogP contribution in [-0.2, 0) is 0 Å². The van der Waals surface area contributed by atoms with Crippen LogP contribution in [0.15, 0.2) is 34.7 Å². The summed E-state index contributed by atoms with van der Waals surface area (Å²) in [5, 5.41) is 0. The molecular formula is C17H23NO2. The summed E-state index contributed by atoms with van der Waals surface area (Å²) in [4.78, 5) is 0. The molecule has 0 radical (unpaired) electrons. The van der Waals surface area contributed by atoms with Gasteiger partial charge in [-0.15, -0.1) is 0 Å². The topological polar surface area (TPSA) is 48.4 Å². The molecule has 2 N–H and O–H groups in total. The Kier molecular flexibility index (Phi) is 4.50. The van der Waals surface area contributed by atoms with Crippen LogP contribution in [0.3, 0.4) is 0 Å². The lowest BCUT2D eigenvalue weighted by atomic mass is 10.0. The lowest BCUT2D eigenvalue weighted by Gasteiger charge is -2.18. The Morgan fingerprint density at radius 1 is 1.15 bits per heavy atom. The normalized spacial score (nSPS) is 12.7. The van der Waals surface area contributed by atoms with Gasteiger partial charge in [0, 0.05) is 6.54 Å². The van der Waals surface area contributed by atoms with Crippen molar-refractivity contribution >= 4 is 0 Å². The molecule has 1 aromatic heterocycles. The molecule has 2 aromatic rings. The van der Waals surface area contributed by atoms with Crippen molar-refractivity contribution in [2.75, 3.05) is 6.54 Å². The van der Waals surface area contributed by atoms with Crippen molar-refractivity contribution in [3.63, 3.8) is 0 Å². The first-order valence-corrected chi connectivity index (χ1v) is 7.05. The third-order valence-electron chi connectivity index (χ3n) is 3.44. The zero-order chi connectivity index (χ0) is 14.7. The zero-order valence-electron chi connectivity index (χ0n) is 12.6. The van der Waals surface area contributed by atoms with Gasteiger partial charge in [-0.25, -0.2) is 0 Å². The molecule has 108 valence electrons. The van der Waals surface area contributed by atoms with Crippen molar-refractivity contribution < 1.29 is 9.15 Å². The molecule has 0 saturated heterocycles. The maximum absolute atomic E-state index is 6.07. The van der Waals surface area contributed by atoms with Crippen LogP contribution in [0.2, 0.25) is 0 Å². The Balaban J connectivity index is 2.25. The Bertz CT molecular complexity index is 572. The Morgan fingerprint density at radius 2 is 1.90 bits per heavy atom. The summed E-state index contributed by atoms with van der Waals surface area (Å²) in [6.07, 6.45) is -0.246. The van der Waals surface area contributed by atoms with Crippen LogP contribution in [0.5, 0.6) is 5.75 Å². The average molecular weight is 273 g/mol. The largest absolute Gasteiger partial charge is 0.481 e. The molecule has 0 bridgehead atoms. The smallest absolute Gasteiger partial charge is 0.168 e. The van der Waals surface area contributed by atoms with Gasteiger partial charge in [0.15, 0.2) is 6.10 Å². The van der Waals surface area contributed by atoms with Gasteiger partial charge >= 0.3 is 0 Å². The molecule has 0 aliphatic carbocycles. The zero-order valence-corrected chi connectivity index (χ0v) is 12.6. The number of nitrogens with two attached hydrogens (primary N) is 1. The van der Waals surface area contributed by atoms with E-state index >= 15 is 0 Å². The van der Waals surface area contributed by atoms with Gasteiger partial charge in [0.25, 0.3) is 0 Å². The van der Waals surface area contributed by atoms with Gasteiger partial charge in [0.1, 0.15) is 17.3 Å². The fourth-order valence-electron chi connectivity index (χ4n) is 2.10. The van der Waals surface area contributed by atoms with Crippen molar-refractivity contribution in [1.29, 1.82) is 0 Å². The molecule has 0 spiro atoms. The molecule has 1 heterocycles. The summed E-state index contributed by atoms with van der Waals surface area (Å²) >= 11 is 0. The van der Waals surface area contributed by atoms with Crippen LogP contribution in [0.4, 0.5) is 0 Å². The van der Waals surface area contributed by atoms with E-state index in [1.807, 2.05) is 26.0 Å². The van der Waals surface area contributed by atoms with Crippen LogP contribution in [-0.4, -0.2) is 6.54 Å². The van der Waals surface area contributed by atoms with Crippen molar-refractivity contribution in [3.05, 3.63) is 53.0 Å². The van der Waals surface area contributed by atoms with E-state index in [1.165, 1.54) is 5.56 Å². The molecule has 0 fully saturated rings. The first-order chi connectivity index (χ1) is 9.51. The van der Waals surface area contributed by atoms with E-state index in [4.69, 9.17) is 14.9 Å². The lowest BCUT2D eigenvalue weighted by Crippen LogP contribution is -2.18. The number of aryl methyl sites for hydroxylation is 2. The fraction of sp³-hybridized carbons (Fsp3) is 0.412. The molecule has 3 heteroatoms. The third-order valence-corrected chi connectivity index (χ3v) is 3.44. The highest BCUT2D eigenvalue weighted by molar-refractivity contribution is 5.38. The highest BCUT2D eigenvalue weighted by Gasteiger charge is 2.17. The van der Waals surface area contributed by atoms with Gasteiger partial charge in [0.2, 0.25) is 0 Å². The van der Waals surface area contributed by atoms with Crippen LogP contribution >= 0.6 is 0 Å². The second kappa shape index (κ2) is 6.14. The molecule has 1 aromatic carbocycles. The summed E-state index contributed by atoms with van der Waals surface area (Å²) in [5.74, 6) is 3.00. The van der Waals surface area contributed by atoms with Crippen molar-refractivity contribution in [2.24, 2.45) is 5.73 Å². The number of hydrogen-bond donors (Lipinski definition) is 1. The number of ether oxygens (including phenoxy) is 1. The molecule has 2 rings (SSSR count). The van der Waals surface area contributed by atoms with E-state index in [2.05, 4.69) is 32.0 Å². The second-order valence-electron chi connectivity index (χ2n) is 5.47. The third kappa shape index (κ3) is 3.23. The summed E-state index contributed by atoms with van der Waals surface area (Å²) in [6, 6.07) is 10.2. The van der Waals surface area contributed by atoms with Gasteiger partial charge in [0.05, 0.1) is 0 Å². The van der Waals surface area contributed by atoms with E-state index in [0.29, 0.717) is 12.5 Å². The molecule has 0 amide bonds. The first kappa shape index (κ1) is 14.7. The Morgan fingerprint density at radius 3 is 2.45 bits per heavy atom. The number of hydrogen-bond acceptors (Lipinski definition) is 3. The Hall–Kier alpha value is -1.74. The minimum absolute atomic E-state index is 0.246. The molecule has 3 nitrogen and oxygen atoms in total. The van der Waals surface area contributed by atoms with E-state index in [1.54, 1.807) is 0 Å². The monoisotopic (exact) mass is 273 g/mol. The van der Waals surface area contributed by atoms with Crippen LogP contribution in [0, 0.1) is 13.8 Å². The molecule has 20 heavy (non-hydrogen) atoms. The standard InChI is InChI=1S/C17H23NO2/c1-11(2)14-7-5-12(3)16(9-14)20-17(10-18)15-8-6-13(4)19-15/h5-9,11,17H,10,18H2,1-4H3. The van der Waals surface area contributed by atoms with Gasteiger partial charge in [-0.3, -0.25) is 0 Å². The number of rotatable bonds is 5. The average Bonchev–Trinajstić information content (AvgIpc) is 2.84. The summed E-state index contributed by atoms with van der Waals surface area (Å²) in [6.45, 7) is 8.69. The quantitative estimate of drug-likeness (QED) is 0.892. The van der Waals surface area contributed by atoms with E-state index in [-0.39, 0.29) is 6.10 Å². The SMILES string of the molecule is Cc1ccc(C(CN)Oc2cc(C(C)C)ccc2C)o1. The van der Waals surface area contributed by atoms with Crippen LogP contribution in [0.25, 0.3) is 0 Å². The first-order valence-electron chi connectivity index (χ1n) is 7.05. The highest BCUT2D eigenvalue weighted by atomic mass is 16.5. The predicted molar refractivity (Wildman–Crippen MR) is 81.1 cm³/mol. The fourth-order valence-corrected chi connectivity index (χ4v) is 2.10. The van der Waals surface area contributed by atoms with Crippen LogP contribution in [0.1, 0.15) is 48.5 Å². The molecule has 0 aliphatic heterocycles. The predicted octanol–water partition coefficient (Wildman–Crippen LogP) is 4.10. The molecular weight excluding hydrogens is 250 g/mol. The van der Waals surface area contributed by atoms with Gasteiger partial charge in [-0.1, -0.05) is 26.0 Å². The highest BCUT2D eigenvalue weighted by Crippen LogP contribution is 2.29. The maximum atomic E-state index is 6.07. The van der Waals surface area contributed by atoms with Crippen molar-refractivity contribution in [1.82, 2.24) is 0 Å². The van der Waals surface area contributed by atoms with E-state index in [9.17, 15) is 0 Å². The summed E-state index contributed by atoms with van der Waals surface area (Å²) < 4.78 is 11.7. The van der Waals surface area contributed by atoms with Gasteiger partial charge < -0.3 is 14.9 Å². The van der Waals surface area contributed by atoms with Gasteiger partial charge in [-0.2, -0.15) is 0 Å². The minimum Gasteiger partial charge on any atom is -0.481 e. The molecule has 1 unspecified atom stereocenters. The summed E-state index contributed by atoms with van der Waals surface area (Å²) in [7, 11) is 0. The molecule has 0 saturated carbocycles. The molecule has 0 aliphatic rings. The maximum Gasteiger partial charge on any atom is 0.168 e. The van der Waals surface area contributed by atoms with Crippen molar-refractivity contribution in [3.8, 4) is 5.75 Å². The van der Waals surface area contributed by atoms with Gasteiger partial charge in [-0.05, 0) is 49.1 Å². The number of benzene rings is 1. The Labute approximate surface area is 120 Å². The van der Waals surface area contributed by atoms with Crippen LogP contribution < -0.4 is 10.5 Å². The summed E-state index contributed by atoms with van der Waals surface area (Å²) in [5.41, 5.74) is 8.19. The second-order valence-corrected chi connectivity index (χ2v) is 5.47.